The molecule has 0 saturated heterocycles. The van der Waals surface area contributed by atoms with Crippen molar-refractivity contribution in [1.82, 2.24) is 4.98 Å². The predicted molar refractivity (Wildman–Crippen MR) is 89.8 cm³/mol. The second-order valence-electron chi connectivity index (χ2n) is 5.42. The molecule has 0 aliphatic rings. The minimum atomic E-state index is 0.899. The third kappa shape index (κ3) is 5.35. The minimum absolute atomic E-state index is 0.899. The van der Waals surface area contributed by atoms with Crippen molar-refractivity contribution in [3.8, 4) is 0 Å². The number of nitrogens with one attached hydrogen (secondary N) is 1. The average Bonchev–Trinajstić information content (AvgIpc) is 2.53. The molecular formula is C18H26N2O. The van der Waals surface area contributed by atoms with Gasteiger partial charge in [-0.2, -0.15) is 0 Å². The fourth-order valence-electron chi connectivity index (χ4n) is 2.55. The first kappa shape index (κ1) is 15.8. The van der Waals surface area contributed by atoms with Gasteiger partial charge in [0.2, 0.25) is 0 Å². The second-order valence-corrected chi connectivity index (χ2v) is 5.42. The largest absolute Gasteiger partial charge is 0.385 e. The molecule has 21 heavy (non-hydrogen) atoms. The molecule has 2 rings (SSSR count). The van der Waals surface area contributed by atoms with E-state index >= 15 is 0 Å². The Kier molecular flexibility index (Phi) is 7.02. The van der Waals surface area contributed by atoms with E-state index in [1.54, 1.807) is 7.11 Å². The number of hydrogen-bond acceptors (Lipinski definition) is 3. The van der Waals surface area contributed by atoms with E-state index in [4.69, 9.17) is 4.74 Å². The molecule has 114 valence electrons. The Labute approximate surface area is 127 Å². The van der Waals surface area contributed by atoms with Crippen LogP contribution >= 0.6 is 0 Å². The number of pyridine rings is 1. The lowest BCUT2D eigenvalue weighted by molar-refractivity contribution is 0.192. The van der Waals surface area contributed by atoms with Crippen molar-refractivity contribution in [3.05, 3.63) is 36.5 Å². The molecule has 3 heteroatoms. The fraction of sp³-hybridized carbons (Fsp3) is 0.500. The van der Waals surface area contributed by atoms with Crippen LogP contribution < -0.4 is 5.32 Å². The number of nitrogens with zero attached hydrogens (tertiary/aromatic N) is 1. The summed E-state index contributed by atoms with van der Waals surface area (Å²) in [7, 11) is 1.77. The second kappa shape index (κ2) is 9.35. The molecule has 3 nitrogen and oxygen atoms in total. The maximum absolute atomic E-state index is 5.06. The third-order valence-corrected chi connectivity index (χ3v) is 3.74. The summed E-state index contributed by atoms with van der Waals surface area (Å²) in [4.78, 5) is 4.38. The van der Waals surface area contributed by atoms with Crippen LogP contribution in [-0.2, 0) is 4.74 Å². The van der Waals surface area contributed by atoms with Gasteiger partial charge in [0, 0.05) is 37.5 Å². The van der Waals surface area contributed by atoms with Gasteiger partial charge in [0.15, 0.2) is 0 Å². The van der Waals surface area contributed by atoms with Gasteiger partial charge in [-0.1, -0.05) is 43.9 Å². The maximum Gasteiger partial charge on any atom is 0.0722 e. The van der Waals surface area contributed by atoms with E-state index in [0.29, 0.717) is 0 Å². The zero-order valence-electron chi connectivity index (χ0n) is 13.0. The van der Waals surface area contributed by atoms with Crippen molar-refractivity contribution in [2.75, 3.05) is 25.6 Å². The smallest absolute Gasteiger partial charge is 0.0722 e. The van der Waals surface area contributed by atoms with Gasteiger partial charge >= 0.3 is 0 Å². The predicted octanol–water partition coefficient (Wildman–Crippen LogP) is 4.63. The molecule has 0 amide bonds. The number of unbranched alkanes of at least 4 members (excludes halogenated alkanes) is 5. The van der Waals surface area contributed by atoms with Crippen LogP contribution in [0.4, 0.5) is 5.69 Å². The number of benzene rings is 1. The van der Waals surface area contributed by atoms with Crippen LogP contribution in [-0.4, -0.2) is 25.2 Å². The van der Waals surface area contributed by atoms with Gasteiger partial charge in [0.1, 0.15) is 0 Å². The van der Waals surface area contributed by atoms with Crippen molar-refractivity contribution < 1.29 is 4.74 Å². The lowest BCUT2D eigenvalue weighted by Gasteiger charge is -2.09. The van der Waals surface area contributed by atoms with Crippen LogP contribution in [0.5, 0.6) is 0 Å². The monoisotopic (exact) mass is 286 g/mol. The number of anilines is 1. The van der Waals surface area contributed by atoms with Crippen molar-refractivity contribution >= 4 is 16.6 Å². The molecule has 1 heterocycles. The van der Waals surface area contributed by atoms with Crippen molar-refractivity contribution in [3.63, 3.8) is 0 Å². The summed E-state index contributed by atoms with van der Waals surface area (Å²) in [6.45, 7) is 1.93. The number of para-hydroxylation sites is 1. The molecule has 1 N–H and O–H groups in total. The summed E-state index contributed by atoms with van der Waals surface area (Å²) in [5, 5.41) is 4.75. The van der Waals surface area contributed by atoms with Gasteiger partial charge in [0.05, 0.1) is 5.52 Å². The standard InChI is InChI=1S/C18H26N2O/c1-21-15-9-5-3-2-4-8-13-19-18-12-14-20-17-11-7-6-10-16(17)18/h6-7,10-12,14H,2-5,8-9,13,15H2,1H3,(H,19,20). The average molecular weight is 286 g/mol. The molecule has 0 radical (unpaired) electrons. The summed E-state index contributed by atoms with van der Waals surface area (Å²) in [6, 6.07) is 10.3. The zero-order chi connectivity index (χ0) is 14.8. The first-order valence-corrected chi connectivity index (χ1v) is 7.98. The van der Waals surface area contributed by atoms with Crippen molar-refractivity contribution in [1.29, 1.82) is 0 Å². The number of aromatic nitrogens is 1. The molecule has 0 saturated carbocycles. The normalized spacial score (nSPS) is 10.9. The molecule has 0 unspecified atom stereocenters. The molecule has 0 atom stereocenters. The number of rotatable bonds is 10. The van der Waals surface area contributed by atoms with E-state index in [9.17, 15) is 0 Å². The molecule has 0 bridgehead atoms. The first-order chi connectivity index (χ1) is 10.4. The van der Waals surface area contributed by atoms with E-state index < -0.39 is 0 Å². The molecule has 0 fully saturated rings. The fourth-order valence-corrected chi connectivity index (χ4v) is 2.55. The van der Waals surface area contributed by atoms with E-state index in [2.05, 4.69) is 34.6 Å². The van der Waals surface area contributed by atoms with Gasteiger partial charge in [0.25, 0.3) is 0 Å². The Morgan fingerprint density at radius 2 is 1.71 bits per heavy atom. The molecule has 0 spiro atoms. The van der Waals surface area contributed by atoms with E-state index in [1.807, 2.05) is 12.3 Å². The number of hydrogen-bond donors (Lipinski definition) is 1. The highest BCUT2D eigenvalue weighted by Gasteiger charge is 2.00. The molecule has 1 aromatic carbocycles. The summed E-state index contributed by atoms with van der Waals surface area (Å²) in [5.41, 5.74) is 2.25. The lowest BCUT2D eigenvalue weighted by Crippen LogP contribution is -2.02. The summed E-state index contributed by atoms with van der Waals surface area (Å²) >= 11 is 0. The van der Waals surface area contributed by atoms with E-state index in [-0.39, 0.29) is 0 Å². The molecular weight excluding hydrogens is 260 g/mol. The van der Waals surface area contributed by atoms with Crippen LogP contribution in [0.15, 0.2) is 36.5 Å². The van der Waals surface area contributed by atoms with Gasteiger partial charge in [-0.15, -0.1) is 0 Å². The van der Waals surface area contributed by atoms with Crippen molar-refractivity contribution in [2.45, 2.75) is 38.5 Å². The SMILES string of the molecule is COCCCCCCCCNc1ccnc2ccccc12. The number of ether oxygens (including phenoxy) is 1. The third-order valence-electron chi connectivity index (χ3n) is 3.74. The quantitative estimate of drug-likeness (QED) is 0.646. The Morgan fingerprint density at radius 1 is 0.952 bits per heavy atom. The van der Waals surface area contributed by atoms with Gasteiger partial charge in [-0.3, -0.25) is 4.98 Å². The highest BCUT2D eigenvalue weighted by Crippen LogP contribution is 2.20. The molecule has 0 aliphatic heterocycles. The van der Waals surface area contributed by atoms with Crippen molar-refractivity contribution in [2.24, 2.45) is 0 Å². The van der Waals surface area contributed by atoms with E-state index in [0.717, 1.165) is 18.7 Å². The molecule has 2 aromatic rings. The highest BCUT2D eigenvalue weighted by atomic mass is 16.5. The van der Waals surface area contributed by atoms with Gasteiger partial charge < -0.3 is 10.1 Å². The molecule has 0 aliphatic carbocycles. The topological polar surface area (TPSA) is 34.1 Å². The van der Waals surface area contributed by atoms with Crippen LogP contribution in [0.3, 0.4) is 0 Å². The van der Waals surface area contributed by atoms with Crippen LogP contribution in [0, 0.1) is 0 Å². The maximum atomic E-state index is 5.06. The van der Waals surface area contributed by atoms with Crippen LogP contribution in [0.1, 0.15) is 38.5 Å². The first-order valence-electron chi connectivity index (χ1n) is 7.98. The number of fused-ring (bicyclic) bond motifs is 1. The van der Waals surface area contributed by atoms with E-state index in [1.165, 1.54) is 49.6 Å². The van der Waals surface area contributed by atoms with Crippen LogP contribution in [0.2, 0.25) is 0 Å². The number of methoxy groups -OCH3 is 1. The summed E-state index contributed by atoms with van der Waals surface area (Å²) in [6.07, 6.45) is 9.52. The van der Waals surface area contributed by atoms with Gasteiger partial charge in [-0.25, -0.2) is 0 Å². The Balaban J connectivity index is 1.64. The Morgan fingerprint density at radius 3 is 2.57 bits per heavy atom. The highest BCUT2D eigenvalue weighted by molar-refractivity contribution is 5.90. The minimum Gasteiger partial charge on any atom is -0.385 e. The lowest BCUT2D eigenvalue weighted by atomic mass is 10.1. The van der Waals surface area contributed by atoms with Gasteiger partial charge in [-0.05, 0) is 25.0 Å². The summed E-state index contributed by atoms with van der Waals surface area (Å²) < 4.78 is 5.06. The van der Waals surface area contributed by atoms with Crippen LogP contribution in [0.25, 0.3) is 10.9 Å². The summed E-state index contributed by atoms with van der Waals surface area (Å²) in [5.74, 6) is 0. The zero-order valence-corrected chi connectivity index (χ0v) is 13.0. The Bertz CT molecular complexity index is 522. The molecule has 1 aromatic heterocycles. The Hall–Kier alpha value is -1.61.